The Bertz CT molecular complexity index is 1040. The molecule has 2 aromatic carbocycles. The molecule has 24 heavy (non-hydrogen) atoms. The van der Waals surface area contributed by atoms with E-state index in [2.05, 4.69) is 0 Å². The van der Waals surface area contributed by atoms with E-state index in [0.29, 0.717) is 0 Å². The Balaban J connectivity index is 2.03. The molecule has 0 saturated heterocycles. The molecular weight excluding hydrogens is 309 g/mol. The summed E-state index contributed by atoms with van der Waals surface area (Å²) in [6.07, 6.45) is 0. The van der Waals surface area contributed by atoms with Crippen molar-refractivity contribution in [2.45, 2.75) is 13.0 Å². The van der Waals surface area contributed by atoms with Gasteiger partial charge in [0.15, 0.2) is 5.43 Å². The van der Waals surface area contributed by atoms with Gasteiger partial charge < -0.3 is 9.32 Å². The number of amides is 1. The predicted molar refractivity (Wildman–Crippen MR) is 87.6 cm³/mol. The van der Waals surface area contributed by atoms with Crippen LogP contribution in [0.25, 0.3) is 11.0 Å². The Morgan fingerprint density at radius 3 is 2.50 bits per heavy atom. The SMILES string of the molecule is Cc1ccc([C@@H]2c3c(oc4ccc(F)cc4c3=O)C(=O)N2C)cc1. The molecule has 0 N–H and O–H groups in total. The second-order valence-corrected chi connectivity index (χ2v) is 6.04. The highest BCUT2D eigenvalue weighted by molar-refractivity contribution is 5.98. The van der Waals surface area contributed by atoms with Gasteiger partial charge in [0, 0.05) is 7.05 Å². The lowest BCUT2D eigenvalue weighted by atomic mass is 9.98. The lowest BCUT2D eigenvalue weighted by Crippen LogP contribution is -2.25. The van der Waals surface area contributed by atoms with Crippen LogP contribution in [0.2, 0.25) is 0 Å². The Kier molecular flexibility index (Phi) is 3.06. The van der Waals surface area contributed by atoms with Crippen molar-refractivity contribution in [3.05, 3.63) is 81.0 Å². The number of benzene rings is 2. The molecule has 1 amide bonds. The minimum Gasteiger partial charge on any atom is -0.450 e. The Morgan fingerprint density at radius 1 is 1.08 bits per heavy atom. The summed E-state index contributed by atoms with van der Waals surface area (Å²) in [7, 11) is 1.63. The van der Waals surface area contributed by atoms with Gasteiger partial charge >= 0.3 is 0 Å². The summed E-state index contributed by atoms with van der Waals surface area (Å²) in [6, 6.07) is 10.8. The summed E-state index contributed by atoms with van der Waals surface area (Å²) in [6.45, 7) is 1.96. The molecule has 0 aliphatic carbocycles. The van der Waals surface area contributed by atoms with Crippen molar-refractivity contribution in [1.82, 2.24) is 4.90 Å². The van der Waals surface area contributed by atoms with Crippen LogP contribution in [-0.4, -0.2) is 17.9 Å². The molecule has 0 fully saturated rings. The number of hydrogen-bond donors (Lipinski definition) is 0. The van der Waals surface area contributed by atoms with Crippen molar-refractivity contribution < 1.29 is 13.6 Å². The average Bonchev–Trinajstić information content (AvgIpc) is 2.82. The molecule has 1 aromatic heterocycles. The van der Waals surface area contributed by atoms with E-state index in [4.69, 9.17) is 4.42 Å². The fourth-order valence-corrected chi connectivity index (χ4v) is 3.20. The second-order valence-electron chi connectivity index (χ2n) is 6.04. The van der Waals surface area contributed by atoms with Crippen LogP contribution in [0.1, 0.15) is 33.3 Å². The fraction of sp³-hybridized carbons (Fsp3) is 0.158. The van der Waals surface area contributed by atoms with E-state index < -0.39 is 11.9 Å². The highest BCUT2D eigenvalue weighted by Gasteiger charge is 2.40. The first kappa shape index (κ1) is 14.6. The molecule has 0 unspecified atom stereocenters. The number of halogens is 1. The van der Waals surface area contributed by atoms with E-state index in [1.165, 1.54) is 17.0 Å². The molecule has 3 aromatic rings. The van der Waals surface area contributed by atoms with Crippen LogP contribution in [0.4, 0.5) is 4.39 Å². The van der Waals surface area contributed by atoms with E-state index in [9.17, 15) is 14.0 Å². The Hall–Kier alpha value is -2.95. The van der Waals surface area contributed by atoms with Crippen LogP contribution in [0, 0.1) is 12.7 Å². The maximum atomic E-state index is 13.5. The molecule has 1 aliphatic heterocycles. The molecule has 0 spiro atoms. The highest BCUT2D eigenvalue weighted by atomic mass is 19.1. The van der Waals surface area contributed by atoms with Crippen LogP contribution in [0.5, 0.6) is 0 Å². The van der Waals surface area contributed by atoms with Crippen LogP contribution < -0.4 is 5.43 Å². The zero-order valence-electron chi connectivity index (χ0n) is 13.2. The van der Waals surface area contributed by atoms with E-state index in [1.807, 2.05) is 31.2 Å². The molecule has 5 heteroatoms. The first-order valence-electron chi connectivity index (χ1n) is 7.57. The lowest BCUT2D eigenvalue weighted by Gasteiger charge is -2.20. The van der Waals surface area contributed by atoms with E-state index in [0.717, 1.165) is 17.2 Å². The van der Waals surface area contributed by atoms with Crippen LogP contribution in [0.15, 0.2) is 51.7 Å². The van der Waals surface area contributed by atoms with Crippen molar-refractivity contribution in [3.8, 4) is 0 Å². The molecule has 2 heterocycles. The van der Waals surface area contributed by atoms with Gasteiger partial charge in [0.05, 0.1) is 17.0 Å². The van der Waals surface area contributed by atoms with Gasteiger partial charge in [-0.2, -0.15) is 0 Å². The normalized spacial score (nSPS) is 16.7. The standard InChI is InChI=1S/C19H14FNO3/c1-10-3-5-11(6-4-10)16-15-17(22)13-9-12(20)7-8-14(13)24-18(15)19(23)21(16)2/h3-9,16H,1-2H3/t16-/m1/s1. The Labute approximate surface area is 137 Å². The molecule has 0 bridgehead atoms. The van der Waals surface area contributed by atoms with Gasteiger partial charge in [-0.1, -0.05) is 29.8 Å². The third-order valence-corrected chi connectivity index (χ3v) is 4.46. The summed E-state index contributed by atoms with van der Waals surface area (Å²) in [5.74, 6) is -0.828. The third-order valence-electron chi connectivity index (χ3n) is 4.46. The van der Waals surface area contributed by atoms with Crippen molar-refractivity contribution in [3.63, 3.8) is 0 Å². The second kappa shape index (κ2) is 5.03. The van der Waals surface area contributed by atoms with Gasteiger partial charge in [0.1, 0.15) is 11.4 Å². The number of fused-ring (bicyclic) bond motifs is 2. The van der Waals surface area contributed by atoms with Crippen molar-refractivity contribution >= 4 is 16.9 Å². The summed E-state index contributed by atoms with van der Waals surface area (Å²) < 4.78 is 19.2. The monoisotopic (exact) mass is 323 g/mol. The smallest absolute Gasteiger partial charge is 0.290 e. The number of rotatable bonds is 1. The molecule has 4 rings (SSSR count). The Morgan fingerprint density at radius 2 is 1.79 bits per heavy atom. The fourth-order valence-electron chi connectivity index (χ4n) is 3.20. The molecule has 120 valence electrons. The topological polar surface area (TPSA) is 50.5 Å². The minimum absolute atomic E-state index is 0.0344. The van der Waals surface area contributed by atoms with Gasteiger partial charge in [0.2, 0.25) is 5.76 Å². The van der Waals surface area contributed by atoms with Crippen molar-refractivity contribution in [2.75, 3.05) is 7.05 Å². The lowest BCUT2D eigenvalue weighted by molar-refractivity contribution is 0.0771. The first-order chi connectivity index (χ1) is 11.5. The van der Waals surface area contributed by atoms with Crippen LogP contribution in [-0.2, 0) is 0 Å². The number of aryl methyl sites for hydroxylation is 1. The summed E-state index contributed by atoms with van der Waals surface area (Å²) >= 11 is 0. The van der Waals surface area contributed by atoms with Crippen molar-refractivity contribution in [1.29, 1.82) is 0 Å². The van der Waals surface area contributed by atoms with E-state index >= 15 is 0 Å². The molecule has 4 nitrogen and oxygen atoms in total. The molecule has 1 atom stereocenters. The quantitative estimate of drug-likeness (QED) is 0.689. The summed E-state index contributed by atoms with van der Waals surface area (Å²) in [5, 5.41) is 0.147. The third kappa shape index (κ3) is 1.98. The number of nitrogens with zero attached hydrogens (tertiary/aromatic N) is 1. The first-order valence-corrected chi connectivity index (χ1v) is 7.57. The number of hydrogen-bond acceptors (Lipinski definition) is 3. The molecule has 0 radical (unpaired) electrons. The van der Waals surface area contributed by atoms with E-state index in [1.54, 1.807) is 7.05 Å². The van der Waals surface area contributed by atoms with E-state index in [-0.39, 0.29) is 33.6 Å². The zero-order valence-corrected chi connectivity index (χ0v) is 13.2. The predicted octanol–water partition coefficient (Wildman–Crippen LogP) is 3.42. The zero-order chi connectivity index (χ0) is 17.0. The summed E-state index contributed by atoms with van der Waals surface area (Å²) in [5.41, 5.74) is 2.02. The van der Waals surface area contributed by atoms with Gasteiger partial charge in [-0.15, -0.1) is 0 Å². The molecule has 0 saturated carbocycles. The van der Waals surface area contributed by atoms with Gasteiger partial charge in [-0.05, 0) is 30.7 Å². The van der Waals surface area contributed by atoms with Crippen LogP contribution in [0.3, 0.4) is 0 Å². The van der Waals surface area contributed by atoms with Gasteiger partial charge in [0.25, 0.3) is 5.91 Å². The number of carbonyl (C=O) groups excluding carboxylic acids is 1. The van der Waals surface area contributed by atoms with Crippen LogP contribution >= 0.6 is 0 Å². The maximum absolute atomic E-state index is 13.5. The van der Waals surface area contributed by atoms with Gasteiger partial charge in [-0.3, -0.25) is 9.59 Å². The molecule has 1 aliphatic rings. The maximum Gasteiger partial charge on any atom is 0.290 e. The van der Waals surface area contributed by atoms with Gasteiger partial charge in [-0.25, -0.2) is 4.39 Å². The highest BCUT2D eigenvalue weighted by Crippen LogP contribution is 2.36. The molecular formula is C19H14FNO3. The summed E-state index contributed by atoms with van der Waals surface area (Å²) in [4.78, 5) is 26.9. The number of carbonyl (C=O) groups is 1. The average molecular weight is 323 g/mol. The van der Waals surface area contributed by atoms with Crippen molar-refractivity contribution in [2.24, 2.45) is 0 Å². The minimum atomic E-state index is -0.531. The largest absolute Gasteiger partial charge is 0.450 e.